The summed E-state index contributed by atoms with van der Waals surface area (Å²) < 4.78 is 28.9. The number of ether oxygens (including phenoxy) is 1. The van der Waals surface area contributed by atoms with Gasteiger partial charge in [0, 0.05) is 19.2 Å². The summed E-state index contributed by atoms with van der Waals surface area (Å²) >= 11 is 0. The van der Waals surface area contributed by atoms with Crippen molar-refractivity contribution in [1.82, 2.24) is 5.32 Å². The first kappa shape index (κ1) is 16.7. The average molecular weight is 299 g/mol. The molecule has 0 saturated heterocycles. The number of carbonyl (C=O) groups is 1. The van der Waals surface area contributed by atoms with E-state index in [-0.39, 0.29) is 16.9 Å². The maximum atomic E-state index is 11.9. The van der Waals surface area contributed by atoms with E-state index in [9.17, 15) is 13.2 Å². The van der Waals surface area contributed by atoms with Crippen LogP contribution >= 0.6 is 0 Å². The van der Waals surface area contributed by atoms with Crippen LogP contribution < -0.4 is 5.32 Å². The van der Waals surface area contributed by atoms with Crippen molar-refractivity contribution < 1.29 is 17.9 Å². The van der Waals surface area contributed by atoms with E-state index in [1.807, 2.05) is 6.92 Å². The summed E-state index contributed by atoms with van der Waals surface area (Å²) in [6, 6.07) is 5.96. The van der Waals surface area contributed by atoms with Crippen LogP contribution in [-0.4, -0.2) is 39.3 Å². The number of rotatable bonds is 6. The average Bonchev–Trinajstić information content (AvgIpc) is 2.44. The number of benzene rings is 1. The second kappa shape index (κ2) is 6.85. The second-order valence-corrected chi connectivity index (χ2v) is 7.38. The zero-order valence-corrected chi connectivity index (χ0v) is 13.0. The highest BCUT2D eigenvalue weighted by molar-refractivity contribution is 7.92. The lowest BCUT2D eigenvalue weighted by atomic mass is 10.2. The van der Waals surface area contributed by atoms with Gasteiger partial charge in [0.1, 0.15) is 0 Å². The molecule has 0 saturated carbocycles. The third-order valence-electron chi connectivity index (χ3n) is 3.02. The maximum absolute atomic E-state index is 11.9. The minimum atomic E-state index is -3.30. The van der Waals surface area contributed by atoms with Gasteiger partial charge in [-0.05, 0) is 45.0 Å². The summed E-state index contributed by atoms with van der Waals surface area (Å²) in [5.74, 6) is -0.248. The molecule has 112 valence electrons. The zero-order valence-electron chi connectivity index (χ0n) is 12.2. The van der Waals surface area contributed by atoms with E-state index >= 15 is 0 Å². The molecular weight excluding hydrogens is 278 g/mol. The summed E-state index contributed by atoms with van der Waals surface area (Å²) in [6.45, 7) is 5.50. The molecule has 0 fully saturated rings. The van der Waals surface area contributed by atoms with Gasteiger partial charge in [0.05, 0.1) is 16.2 Å². The molecule has 0 spiro atoms. The topological polar surface area (TPSA) is 72.5 Å². The molecule has 1 aromatic carbocycles. The number of hydrogen-bond donors (Lipinski definition) is 1. The first-order chi connectivity index (χ1) is 9.28. The van der Waals surface area contributed by atoms with Gasteiger partial charge in [-0.3, -0.25) is 4.79 Å². The first-order valence-electron chi connectivity index (χ1n) is 6.44. The van der Waals surface area contributed by atoms with Gasteiger partial charge in [0.15, 0.2) is 9.84 Å². The van der Waals surface area contributed by atoms with Gasteiger partial charge < -0.3 is 10.1 Å². The maximum Gasteiger partial charge on any atom is 0.251 e. The summed E-state index contributed by atoms with van der Waals surface area (Å²) in [4.78, 5) is 12.1. The van der Waals surface area contributed by atoms with Crippen molar-refractivity contribution in [2.75, 3.05) is 13.7 Å². The molecule has 0 aliphatic heterocycles. The number of carbonyl (C=O) groups excluding carboxylic acids is 1. The molecule has 6 heteroatoms. The Labute approximate surface area is 120 Å². The summed E-state index contributed by atoms with van der Waals surface area (Å²) in [6.07, 6.45) is -0.0699. The summed E-state index contributed by atoms with van der Waals surface area (Å²) in [5, 5.41) is 2.24. The highest BCUT2D eigenvalue weighted by Crippen LogP contribution is 2.16. The Kier molecular flexibility index (Phi) is 5.71. The third kappa shape index (κ3) is 4.05. The number of nitrogens with one attached hydrogen (secondary N) is 1. The van der Waals surface area contributed by atoms with E-state index in [1.54, 1.807) is 21.0 Å². The van der Waals surface area contributed by atoms with Crippen LogP contribution in [-0.2, 0) is 14.6 Å². The Hall–Kier alpha value is -1.40. The first-order valence-corrected chi connectivity index (χ1v) is 7.98. The molecule has 1 amide bonds. The summed E-state index contributed by atoms with van der Waals surface area (Å²) in [5.41, 5.74) is 0.427. The molecule has 0 bridgehead atoms. The van der Waals surface area contributed by atoms with Crippen molar-refractivity contribution in [3.63, 3.8) is 0 Å². The predicted octanol–water partition coefficient (Wildman–Crippen LogP) is 1.63. The fraction of sp³-hybridized carbons (Fsp3) is 0.500. The van der Waals surface area contributed by atoms with Crippen LogP contribution in [0.25, 0.3) is 0 Å². The van der Waals surface area contributed by atoms with Crippen molar-refractivity contribution in [2.45, 2.75) is 37.0 Å². The van der Waals surface area contributed by atoms with Crippen LogP contribution in [0.2, 0.25) is 0 Å². The number of methoxy groups -OCH3 is 1. The lowest BCUT2D eigenvalue weighted by Gasteiger charge is -2.11. The Bertz CT molecular complexity index is 549. The molecule has 1 N–H and O–H groups in total. The Balaban J connectivity index is 2.79. The van der Waals surface area contributed by atoms with Crippen LogP contribution in [0.1, 0.15) is 31.1 Å². The lowest BCUT2D eigenvalue weighted by Crippen LogP contribution is -2.31. The number of amides is 1. The third-order valence-corrected chi connectivity index (χ3v) is 5.19. The van der Waals surface area contributed by atoms with E-state index < -0.39 is 15.1 Å². The van der Waals surface area contributed by atoms with Crippen molar-refractivity contribution in [1.29, 1.82) is 0 Å². The van der Waals surface area contributed by atoms with Crippen LogP contribution in [0.5, 0.6) is 0 Å². The molecule has 1 rings (SSSR count). The molecule has 1 atom stereocenters. The van der Waals surface area contributed by atoms with Gasteiger partial charge in [-0.15, -0.1) is 0 Å². The quantitative estimate of drug-likeness (QED) is 0.866. The Morgan fingerprint density at radius 1 is 1.20 bits per heavy atom. The molecule has 0 heterocycles. The second-order valence-electron chi connectivity index (χ2n) is 4.87. The molecule has 0 aliphatic rings. The number of sulfone groups is 1. The Morgan fingerprint density at radius 3 is 2.20 bits per heavy atom. The van der Waals surface area contributed by atoms with E-state index in [0.717, 1.165) is 0 Å². The van der Waals surface area contributed by atoms with Gasteiger partial charge in [0.25, 0.3) is 5.91 Å². The van der Waals surface area contributed by atoms with Crippen molar-refractivity contribution in [3.8, 4) is 0 Å². The minimum absolute atomic E-state index is 0.0699. The van der Waals surface area contributed by atoms with Gasteiger partial charge in [0.2, 0.25) is 0 Å². The molecule has 0 aliphatic carbocycles. The lowest BCUT2D eigenvalue weighted by molar-refractivity contribution is 0.0870. The molecule has 1 unspecified atom stereocenters. The van der Waals surface area contributed by atoms with Crippen LogP contribution in [0.3, 0.4) is 0 Å². The van der Waals surface area contributed by atoms with Gasteiger partial charge >= 0.3 is 0 Å². The van der Waals surface area contributed by atoms with Crippen LogP contribution in [0, 0.1) is 0 Å². The van der Waals surface area contributed by atoms with Crippen LogP contribution in [0.4, 0.5) is 0 Å². The summed E-state index contributed by atoms with van der Waals surface area (Å²) in [7, 11) is -1.73. The fourth-order valence-corrected chi connectivity index (χ4v) is 2.55. The van der Waals surface area contributed by atoms with E-state index in [0.29, 0.717) is 12.1 Å². The van der Waals surface area contributed by atoms with E-state index in [4.69, 9.17) is 4.74 Å². The molecule has 20 heavy (non-hydrogen) atoms. The smallest absolute Gasteiger partial charge is 0.251 e. The molecule has 1 aromatic rings. The highest BCUT2D eigenvalue weighted by atomic mass is 32.2. The minimum Gasteiger partial charge on any atom is -0.380 e. The SMILES string of the molecule is COC(C)CNC(=O)c1ccc(S(=O)(=O)C(C)C)cc1. The van der Waals surface area contributed by atoms with E-state index in [1.165, 1.54) is 24.3 Å². The number of hydrogen-bond acceptors (Lipinski definition) is 4. The van der Waals surface area contributed by atoms with Crippen LogP contribution in [0.15, 0.2) is 29.2 Å². The fourth-order valence-electron chi connectivity index (χ4n) is 1.49. The largest absolute Gasteiger partial charge is 0.380 e. The van der Waals surface area contributed by atoms with Crippen molar-refractivity contribution in [2.24, 2.45) is 0 Å². The monoisotopic (exact) mass is 299 g/mol. The standard InChI is InChI=1S/C14H21NO4S/c1-10(2)20(17,18)13-7-5-12(6-8-13)14(16)15-9-11(3)19-4/h5-8,10-11H,9H2,1-4H3,(H,15,16). The van der Waals surface area contributed by atoms with Crippen molar-refractivity contribution >= 4 is 15.7 Å². The molecule has 0 aromatic heterocycles. The molecular formula is C14H21NO4S. The normalized spacial score (nSPS) is 13.2. The molecule has 0 radical (unpaired) electrons. The van der Waals surface area contributed by atoms with Gasteiger partial charge in [-0.25, -0.2) is 8.42 Å². The predicted molar refractivity (Wildman–Crippen MR) is 77.6 cm³/mol. The zero-order chi connectivity index (χ0) is 15.3. The Morgan fingerprint density at radius 2 is 1.75 bits per heavy atom. The van der Waals surface area contributed by atoms with E-state index in [2.05, 4.69) is 5.32 Å². The van der Waals surface area contributed by atoms with Gasteiger partial charge in [-0.1, -0.05) is 0 Å². The van der Waals surface area contributed by atoms with Gasteiger partial charge in [-0.2, -0.15) is 0 Å². The molecule has 5 nitrogen and oxygen atoms in total. The highest BCUT2D eigenvalue weighted by Gasteiger charge is 2.19. The van der Waals surface area contributed by atoms with Crippen molar-refractivity contribution in [3.05, 3.63) is 29.8 Å².